The summed E-state index contributed by atoms with van der Waals surface area (Å²) < 4.78 is 15.4. The first-order chi connectivity index (χ1) is 11.7. The molecule has 0 aliphatic carbocycles. The molecule has 1 amide bonds. The molecule has 1 rings (SSSR count). The second kappa shape index (κ2) is 9.42. The van der Waals surface area contributed by atoms with Gasteiger partial charge >= 0.3 is 5.97 Å². The Labute approximate surface area is 150 Å². The van der Waals surface area contributed by atoms with Crippen molar-refractivity contribution >= 4 is 25.5 Å². The van der Waals surface area contributed by atoms with Gasteiger partial charge in [0.2, 0.25) is 0 Å². The van der Waals surface area contributed by atoms with Crippen LogP contribution < -0.4 is 5.32 Å². The highest BCUT2D eigenvalue weighted by molar-refractivity contribution is 7.65. The summed E-state index contributed by atoms with van der Waals surface area (Å²) in [5, 5.41) is 2.84. The van der Waals surface area contributed by atoms with Crippen LogP contribution in [0.15, 0.2) is 41.6 Å². The number of anilines is 1. The predicted molar refractivity (Wildman–Crippen MR) is 99.7 cm³/mol. The highest BCUT2D eigenvalue weighted by atomic mass is 31.1. The van der Waals surface area contributed by atoms with Crippen molar-refractivity contribution in [1.29, 1.82) is 0 Å². The van der Waals surface area contributed by atoms with Gasteiger partial charge in [-0.05, 0) is 25.2 Å². The molecule has 1 N–H and O–H groups in total. The molecule has 0 saturated heterocycles. The van der Waals surface area contributed by atoms with E-state index >= 15 is 0 Å². The van der Waals surface area contributed by atoms with E-state index in [1.165, 1.54) is 21.3 Å². The number of benzene rings is 1. The van der Waals surface area contributed by atoms with Gasteiger partial charge < -0.3 is 19.5 Å². The van der Waals surface area contributed by atoms with Crippen molar-refractivity contribution in [3.8, 4) is 0 Å². The molecule has 0 bridgehead atoms. The van der Waals surface area contributed by atoms with E-state index in [0.717, 1.165) is 0 Å². The molecule has 1 aromatic carbocycles. The molecule has 7 heteroatoms. The lowest BCUT2D eigenvalue weighted by molar-refractivity contribution is -0.137. The molecular weight excluding hydrogens is 341 g/mol. The minimum Gasteiger partial charge on any atom is -0.469 e. The van der Waals surface area contributed by atoms with Crippen molar-refractivity contribution in [2.75, 3.05) is 32.8 Å². The van der Waals surface area contributed by atoms with Gasteiger partial charge in [0.25, 0.3) is 11.9 Å². The maximum atomic E-state index is 13.0. The van der Waals surface area contributed by atoms with Crippen LogP contribution in [0.4, 0.5) is 5.69 Å². The second-order valence-corrected chi connectivity index (χ2v) is 9.16. The van der Waals surface area contributed by atoms with E-state index in [2.05, 4.69) is 5.32 Å². The number of carbonyl (C=O) groups excluding carboxylic acids is 2. The standard InChI is InChI=1S/C18H26NO5P/c1-18(2,3)25(12-14(20)22-4)15(17(23-5)24-6)16(21)19-13-10-8-7-9-11-13/h7-11H,12H2,1-6H3,(H,19,21). The summed E-state index contributed by atoms with van der Waals surface area (Å²) in [6.07, 6.45) is 0.100. The number of rotatable bonds is 7. The highest BCUT2D eigenvalue weighted by Gasteiger charge is 2.37. The number of esters is 1. The summed E-state index contributed by atoms with van der Waals surface area (Å²) in [6, 6.07) is 9.09. The van der Waals surface area contributed by atoms with Crippen LogP contribution in [-0.4, -0.2) is 44.5 Å². The van der Waals surface area contributed by atoms with Crippen LogP contribution in [0.25, 0.3) is 0 Å². The number of para-hydroxylation sites is 1. The fourth-order valence-electron chi connectivity index (χ4n) is 2.16. The minimum atomic E-state index is -1.25. The van der Waals surface area contributed by atoms with Gasteiger partial charge in [-0.3, -0.25) is 9.59 Å². The zero-order valence-electron chi connectivity index (χ0n) is 15.6. The van der Waals surface area contributed by atoms with Gasteiger partial charge in [0.05, 0.1) is 27.5 Å². The average Bonchev–Trinajstić information content (AvgIpc) is 2.57. The van der Waals surface area contributed by atoms with Gasteiger partial charge in [0, 0.05) is 5.69 Å². The van der Waals surface area contributed by atoms with Crippen LogP contribution in [-0.2, 0) is 23.8 Å². The van der Waals surface area contributed by atoms with E-state index in [1.807, 2.05) is 39.0 Å². The molecule has 0 heterocycles. The van der Waals surface area contributed by atoms with Gasteiger partial charge in [-0.15, -0.1) is 0 Å². The first kappa shape index (κ1) is 21.0. The van der Waals surface area contributed by atoms with Crippen molar-refractivity contribution in [2.24, 2.45) is 0 Å². The third-order valence-corrected chi connectivity index (χ3v) is 6.52. The van der Waals surface area contributed by atoms with Gasteiger partial charge in [-0.1, -0.05) is 39.0 Å². The molecule has 0 radical (unpaired) electrons. The minimum absolute atomic E-state index is 0.100. The third-order valence-electron chi connectivity index (χ3n) is 3.41. The first-order valence-corrected chi connectivity index (χ1v) is 9.30. The molecule has 0 aromatic heterocycles. The van der Waals surface area contributed by atoms with Crippen molar-refractivity contribution in [1.82, 2.24) is 0 Å². The van der Waals surface area contributed by atoms with E-state index in [0.29, 0.717) is 11.0 Å². The highest BCUT2D eigenvalue weighted by Crippen LogP contribution is 2.57. The summed E-state index contributed by atoms with van der Waals surface area (Å²) >= 11 is 0. The Morgan fingerprint density at radius 3 is 2.00 bits per heavy atom. The van der Waals surface area contributed by atoms with Crippen LogP contribution in [0.3, 0.4) is 0 Å². The number of hydrogen-bond donors (Lipinski definition) is 1. The van der Waals surface area contributed by atoms with Crippen molar-refractivity contribution in [2.45, 2.75) is 25.9 Å². The molecule has 0 aliphatic rings. The molecule has 6 nitrogen and oxygen atoms in total. The largest absolute Gasteiger partial charge is 0.469 e. The Bertz CT molecular complexity index is 616. The Morgan fingerprint density at radius 1 is 1.00 bits per heavy atom. The zero-order chi connectivity index (χ0) is 19.0. The Kier molecular flexibility index (Phi) is 7.91. The molecule has 0 saturated carbocycles. The lowest BCUT2D eigenvalue weighted by Crippen LogP contribution is -2.26. The van der Waals surface area contributed by atoms with Gasteiger partial charge in [-0.25, -0.2) is 0 Å². The summed E-state index contributed by atoms with van der Waals surface area (Å²) in [4.78, 5) is 24.9. The quantitative estimate of drug-likeness (QED) is 0.345. The molecule has 25 heavy (non-hydrogen) atoms. The van der Waals surface area contributed by atoms with Crippen LogP contribution >= 0.6 is 7.92 Å². The molecule has 1 atom stereocenters. The third kappa shape index (κ3) is 6.05. The number of carbonyl (C=O) groups is 2. The van der Waals surface area contributed by atoms with Crippen LogP contribution in [0.2, 0.25) is 0 Å². The van der Waals surface area contributed by atoms with Crippen molar-refractivity contribution < 1.29 is 23.8 Å². The Morgan fingerprint density at radius 2 is 1.56 bits per heavy atom. The Hall–Kier alpha value is -2.07. The Balaban J connectivity index is 3.32. The van der Waals surface area contributed by atoms with Gasteiger partial charge in [0.15, 0.2) is 0 Å². The first-order valence-electron chi connectivity index (χ1n) is 7.77. The number of hydrogen-bond acceptors (Lipinski definition) is 5. The lowest BCUT2D eigenvalue weighted by atomic mass is 10.3. The maximum absolute atomic E-state index is 13.0. The summed E-state index contributed by atoms with van der Waals surface area (Å²) in [5.41, 5.74) is 0.651. The summed E-state index contributed by atoms with van der Waals surface area (Å²) in [6.45, 7) is 5.92. The zero-order valence-corrected chi connectivity index (χ0v) is 16.5. The molecule has 0 spiro atoms. The monoisotopic (exact) mass is 367 g/mol. The maximum Gasteiger partial charge on any atom is 0.310 e. The van der Waals surface area contributed by atoms with Crippen LogP contribution in [0, 0.1) is 0 Å². The SMILES string of the molecule is COC(=O)CP(C(C(=O)Nc1ccccc1)=C(OC)OC)C(C)(C)C. The smallest absolute Gasteiger partial charge is 0.310 e. The van der Waals surface area contributed by atoms with Crippen LogP contribution in [0.1, 0.15) is 20.8 Å². The van der Waals surface area contributed by atoms with E-state index in [1.54, 1.807) is 12.1 Å². The number of ether oxygens (including phenoxy) is 3. The number of amides is 1. The fraction of sp³-hybridized carbons (Fsp3) is 0.444. The number of nitrogens with one attached hydrogen (secondary N) is 1. The van der Waals surface area contributed by atoms with E-state index in [-0.39, 0.29) is 29.1 Å². The molecule has 0 fully saturated rings. The predicted octanol–water partition coefficient (Wildman–Crippen LogP) is 3.54. The lowest BCUT2D eigenvalue weighted by Gasteiger charge is -2.32. The van der Waals surface area contributed by atoms with E-state index < -0.39 is 7.92 Å². The molecule has 138 valence electrons. The number of methoxy groups -OCH3 is 3. The summed E-state index contributed by atoms with van der Waals surface area (Å²) in [7, 11) is 2.95. The average molecular weight is 367 g/mol. The topological polar surface area (TPSA) is 73.9 Å². The van der Waals surface area contributed by atoms with E-state index in [9.17, 15) is 9.59 Å². The second-order valence-electron chi connectivity index (χ2n) is 6.20. The van der Waals surface area contributed by atoms with Crippen LogP contribution in [0.5, 0.6) is 0 Å². The fourth-order valence-corrected chi connectivity index (χ4v) is 4.55. The molecule has 1 unspecified atom stereocenters. The van der Waals surface area contributed by atoms with E-state index in [4.69, 9.17) is 14.2 Å². The van der Waals surface area contributed by atoms with Crippen molar-refractivity contribution in [3.05, 3.63) is 41.6 Å². The molecular formula is C18H26NO5P. The molecule has 1 aromatic rings. The molecule has 0 aliphatic heterocycles. The van der Waals surface area contributed by atoms with Crippen molar-refractivity contribution in [3.63, 3.8) is 0 Å². The van der Waals surface area contributed by atoms with Gasteiger partial charge in [-0.2, -0.15) is 0 Å². The van der Waals surface area contributed by atoms with Gasteiger partial charge in [0.1, 0.15) is 5.31 Å². The normalized spacial score (nSPS) is 11.9. The summed E-state index contributed by atoms with van der Waals surface area (Å²) in [5.74, 6) is -0.620.